The summed E-state index contributed by atoms with van der Waals surface area (Å²) in [5.74, 6) is 0.425. The number of ether oxygens (including phenoxy) is 1. The average Bonchev–Trinajstić information content (AvgIpc) is 3.39. The maximum Gasteiger partial charge on any atom is 0.273 e. The summed E-state index contributed by atoms with van der Waals surface area (Å²) >= 11 is 5.82. The Morgan fingerprint density at radius 1 is 1.08 bits per heavy atom. The molecule has 0 bridgehead atoms. The highest BCUT2D eigenvalue weighted by Gasteiger charge is 2.41. The molecule has 0 radical (unpaired) electrons. The van der Waals surface area contributed by atoms with Crippen molar-refractivity contribution in [3.05, 3.63) is 112 Å². The van der Waals surface area contributed by atoms with Gasteiger partial charge in [0.2, 0.25) is 0 Å². The van der Waals surface area contributed by atoms with Crippen LogP contribution in [0, 0.1) is 24.0 Å². The maximum atomic E-state index is 11.3. The summed E-state index contributed by atoms with van der Waals surface area (Å²) in [4.78, 5) is 22.2. The highest BCUT2D eigenvalue weighted by molar-refractivity contribution is 7.80. The molecule has 1 aromatic carbocycles. The Morgan fingerprint density at radius 2 is 1.84 bits per heavy atom. The lowest BCUT2D eigenvalue weighted by atomic mass is 9.96. The molecule has 0 saturated carbocycles. The van der Waals surface area contributed by atoms with E-state index in [1.54, 1.807) is 18.5 Å². The van der Waals surface area contributed by atoms with Crippen LogP contribution in [-0.2, 0) is 6.54 Å². The first kappa shape index (κ1) is 24.4. The fourth-order valence-electron chi connectivity index (χ4n) is 5.00. The lowest BCUT2D eigenvalue weighted by molar-refractivity contribution is -0.384. The van der Waals surface area contributed by atoms with Crippen molar-refractivity contribution >= 4 is 23.0 Å². The monoisotopic (exact) mass is 514 g/mol. The molecule has 2 atom stereocenters. The highest BCUT2D eigenvalue weighted by Crippen LogP contribution is 2.43. The van der Waals surface area contributed by atoms with Gasteiger partial charge in [-0.2, -0.15) is 0 Å². The zero-order valence-electron chi connectivity index (χ0n) is 20.7. The number of nitro benzene ring substituents is 1. The van der Waals surface area contributed by atoms with Gasteiger partial charge >= 0.3 is 0 Å². The Labute approximate surface area is 219 Å². The van der Waals surface area contributed by atoms with E-state index in [2.05, 4.69) is 30.8 Å². The van der Waals surface area contributed by atoms with Gasteiger partial charge in [-0.3, -0.25) is 20.1 Å². The summed E-state index contributed by atoms with van der Waals surface area (Å²) in [7, 11) is 1.52. The number of rotatable bonds is 7. The van der Waals surface area contributed by atoms with E-state index >= 15 is 0 Å². The first-order chi connectivity index (χ1) is 17.9. The molecule has 3 aromatic heterocycles. The van der Waals surface area contributed by atoms with Crippen LogP contribution in [0.25, 0.3) is 5.69 Å². The molecule has 1 aliphatic rings. The molecule has 10 heteroatoms. The summed E-state index contributed by atoms with van der Waals surface area (Å²) in [6.07, 6.45) is 3.56. The summed E-state index contributed by atoms with van der Waals surface area (Å²) in [6.45, 7) is 4.58. The number of benzene rings is 1. The number of pyridine rings is 2. The van der Waals surface area contributed by atoms with Crippen molar-refractivity contribution in [2.75, 3.05) is 7.11 Å². The number of non-ortho nitro benzene ring substituents is 1. The van der Waals surface area contributed by atoms with E-state index in [0.717, 1.165) is 34.0 Å². The summed E-state index contributed by atoms with van der Waals surface area (Å²) in [5, 5.41) is 15.4. The van der Waals surface area contributed by atoms with Gasteiger partial charge < -0.3 is 19.5 Å². The molecule has 1 fully saturated rings. The fourth-order valence-corrected chi connectivity index (χ4v) is 5.31. The summed E-state index contributed by atoms with van der Waals surface area (Å²) in [5.41, 5.74) is 5.51. The molecular weight excluding hydrogens is 488 g/mol. The van der Waals surface area contributed by atoms with Gasteiger partial charge in [0, 0.05) is 29.8 Å². The van der Waals surface area contributed by atoms with E-state index in [9.17, 15) is 10.1 Å². The number of hydrogen-bond acceptors (Lipinski definition) is 6. The second-order valence-corrected chi connectivity index (χ2v) is 9.24. The summed E-state index contributed by atoms with van der Waals surface area (Å²) < 4.78 is 7.62. The maximum absolute atomic E-state index is 11.3. The zero-order valence-corrected chi connectivity index (χ0v) is 21.5. The molecule has 0 unspecified atom stereocenters. The van der Waals surface area contributed by atoms with Crippen LogP contribution in [0.2, 0.25) is 0 Å². The molecule has 1 aliphatic heterocycles. The molecule has 9 nitrogen and oxygen atoms in total. The van der Waals surface area contributed by atoms with Gasteiger partial charge in [0.15, 0.2) is 5.11 Å². The minimum atomic E-state index is -0.425. The van der Waals surface area contributed by atoms with Gasteiger partial charge in [-0.15, -0.1) is 0 Å². The van der Waals surface area contributed by atoms with Crippen LogP contribution in [0.5, 0.6) is 5.75 Å². The van der Waals surface area contributed by atoms with Gasteiger partial charge in [0.25, 0.3) is 5.69 Å². The number of hydrogen-bond donors (Lipinski definition) is 1. The van der Waals surface area contributed by atoms with Crippen molar-refractivity contribution in [2.24, 2.45) is 0 Å². The predicted octanol–water partition coefficient (Wildman–Crippen LogP) is 4.97. The van der Waals surface area contributed by atoms with Crippen LogP contribution in [0.4, 0.5) is 5.69 Å². The topological polar surface area (TPSA) is 98.3 Å². The van der Waals surface area contributed by atoms with Crippen molar-refractivity contribution in [1.29, 1.82) is 0 Å². The van der Waals surface area contributed by atoms with E-state index in [0.29, 0.717) is 17.4 Å². The van der Waals surface area contributed by atoms with Crippen LogP contribution in [0.15, 0.2) is 73.1 Å². The van der Waals surface area contributed by atoms with Crippen molar-refractivity contribution in [3.8, 4) is 11.4 Å². The van der Waals surface area contributed by atoms with E-state index < -0.39 is 4.92 Å². The Morgan fingerprint density at radius 3 is 2.49 bits per heavy atom. The van der Waals surface area contributed by atoms with Crippen LogP contribution in [0.1, 0.15) is 40.4 Å². The minimum Gasteiger partial charge on any atom is -0.494 e. The first-order valence-electron chi connectivity index (χ1n) is 11.8. The van der Waals surface area contributed by atoms with E-state index in [-0.39, 0.29) is 17.8 Å². The second-order valence-electron chi connectivity index (χ2n) is 8.85. The Bertz CT molecular complexity index is 1460. The SMILES string of the molecule is COc1cc([N+](=O)[O-])ccc1-n1c(C)cc([C@H]2[C@@H](c3ccccn3)NC(=S)N2Cc2ccccn2)c1C. The smallest absolute Gasteiger partial charge is 0.273 e. The van der Waals surface area contributed by atoms with Crippen LogP contribution in [0.3, 0.4) is 0 Å². The Kier molecular flexibility index (Phi) is 6.58. The third-order valence-corrected chi connectivity index (χ3v) is 7.01. The molecule has 1 N–H and O–H groups in total. The summed E-state index contributed by atoms with van der Waals surface area (Å²) in [6, 6.07) is 18.2. The van der Waals surface area contributed by atoms with Gasteiger partial charge in [0.1, 0.15) is 5.75 Å². The van der Waals surface area contributed by atoms with Crippen molar-refractivity contribution in [1.82, 2.24) is 24.8 Å². The van der Waals surface area contributed by atoms with Crippen molar-refractivity contribution in [2.45, 2.75) is 32.5 Å². The average molecular weight is 515 g/mol. The van der Waals surface area contributed by atoms with Crippen LogP contribution < -0.4 is 10.1 Å². The normalized spacial score (nSPS) is 17.1. The van der Waals surface area contributed by atoms with Gasteiger partial charge in [-0.1, -0.05) is 12.1 Å². The molecule has 4 aromatic rings. The molecule has 188 valence electrons. The van der Waals surface area contributed by atoms with Crippen molar-refractivity contribution in [3.63, 3.8) is 0 Å². The number of methoxy groups -OCH3 is 1. The third-order valence-electron chi connectivity index (χ3n) is 6.66. The Hall–Kier alpha value is -4.31. The molecular formula is C27H26N6O3S. The first-order valence-corrected chi connectivity index (χ1v) is 12.2. The molecule has 0 spiro atoms. The molecule has 0 aliphatic carbocycles. The molecule has 1 saturated heterocycles. The van der Waals surface area contributed by atoms with Gasteiger partial charge in [-0.05, 0) is 68.0 Å². The van der Waals surface area contributed by atoms with E-state index in [1.165, 1.54) is 19.2 Å². The largest absolute Gasteiger partial charge is 0.494 e. The number of nitro groups is 1. The number of aromatic nitrogens is 3. The molecule has 0 amide bonds. The quantitative estimate of drug-likeness (QED) is 0.210. The lowest BCUT2D eigenvalue weighted by Crippen LogP contribution is -2.29. The van der Waals surface area contributed by atoms with Gasteiger partial charge in [-0.25, -0.2) is 0 Å². The molecule has 5 rings (SSSR count). The van der Waals surface area contributed by atoms with Crippen LogP contribution >= 0.6 is 12.2 Å². The third kappa shape index (κ3) is 4.51. The highest BCUT2D eigenvalue weighted by atomic mass is 32.1. The van der Waals surface area contributed by atoms with Crippen LogP contribution in [-0.4, -0.2) is 36.6 Å². The second kappa shape index (κ2) is 9.98. The zero-order chi connectivity index (χ0) is 26.1. The number of nitrogens with one attached hydrogen (secondary N) is 1. The Balaban J connectivity index is 1.63. The number of thiocarbonyl (C=S) groups is 1. The van der Waals surface area contributed by atoms with Gasteiger partial charge in [0.05, 0.1) is 53.8 Å². The number of nitrogens with zero attached hydrogens (tertiary/aromatic N) is 5. The van der Waals surface area contributed by atoms with Crippen molar-refractivity contribution < 1.29 is 9.66 Å². The minimum absolute atomic E-state index is 0.0228. The lowest BCUT2D eigenvalue weighted by Gasteiger charge is -2.28. The standard InChI is InChI=1S/C27H26N6O3S/c1-17-14-21(18(2)32(17)23-11-10-20(33(34)35)15-24(23)36-3)26-25(22-9-5-7-13-29-22)30-27(37)31(26)16-19-8-4-6-12-28-19/h4-15,25-26H,16H2,1-3H3,(H,30,37)/t25-,26+/m1/s1. The molecule has 4 heterocycles. The number of aryl methyl sites for hydroxylation is 1. The van der Waals surface area contributed by atoms with E-state index in [1.807, 2.05) is 50.2 Å². The predicted molar refractivity (Wildman–Crippen MR) is 144 cm³/mol. The molecule has 37 heavy (non-hydrogen) atoms. The van der Waals surface area contributed by atoms with E-state index in [4.69, 9.17) is 17.0 Å². The fraction of sp³-hybridized carbons (Fsp3) is 0.222.